The van der Waals surface area contributed by atoms with Crippen LogP contribution in [-0.2, 0) is 11.4 Å². The summed E-state index contributed by atoms with van der Waals surface area (Å²) >= 11 is 0. The first-order valence-electron chi connectivity index (χ1n) is 5.21. The summed E-state index contributed by atoms with van der Waals surface area (Å²) in [6.45, 7) is 2.35. The maximum Gasteiger partial charge on any atom is 0.345 e. The van der Waals surface area contributed by atoms with Gasteiger partial charge in [0.05, 0.1) is 13.7 Å². The first kappa shape index (κ1) is 14.0. The van der Waals surface area contributed by atoms with Crippen molar-refractivity contribution in [2.24, 2.45) is 0 Å². The van der Waals surface area contributed by atoms with Crippen molar-refractivity contribution in [1.29, 1.82) is 0 Å². The number of carbonyl (C=O) groups excluding carboxylic acids is 1. The van der Waals surface area contributed by atoms with Crippen LogP contribution in [0.15, 0.2) is 15.3 Å². The number of esters is 1. The zero-order valence-corrected chi connectivity index (χ0v) is 10.4. The van der Waals surface area contributed by atoms with Crippen molar-refractivity contribution >= 4 is 12.0 Å². The zero-order valence-electron chi connectivity index (χ0n) is 10.4. The van der Waals surface area contributed by atoms with Gasteiger partial charge in [0.1, 0.15) is 5.56 Å². The lowest BCUT2D eigenvalue weighted by Crippen LogP contribution is -2.14. The van der Waals surface area contributed by atoms with E-state index in [1.165, 1.54) is 20.1 Å². The van der Waals surface area contributed by atoms with Crippen LogP contribution < -0.4 is 15.1 Å². The van der Waals surface area contributed by atoms with E-state index in [2.05, 4.69) is 0 Å². The number of carbonyl (C=O) groups is 1. The first-order chi connectivity index (χ1) is 8.54. The second-order valence-electron chi connectivity index (χ2n) is 3.35. The molecule has 0 fully saturated rings. The summed E-state index contributed by atoms with van der Waals surface area (Å²) in [5.74, 6) is -0.549. The second kappa shape index (κ2) is 6.02. The Hall–Kier alpha value is -2.08. The van der Waals surface area contributed by atoms with Gasteiger partial charge in [-0.1, -0.05) is 6.08 Å². The fraction of sp³-hybridized carbons (Fsp3) is 0.333. The van der Waals surface area contributed by atoms with Gasteiger partial charge in [-0.25, -0.2) is 4.79 Å². The largest absolute Gasteiger partial charge is 0.492 e. The van der Waals surface area contributed by atoms with Crippen LogP contribution in [0, 0.1) is 0 Å². The average molecular weight is 254 g/mol. The van der Waals surface area contributed by atoms with E-state index in [1.54, 1.807) is 13.0 Å². The van der Waals surface area contributed by atoms with Crippen molar-refractivity contribution in [2.45, 2.75) is 20.5 Å². The second-order valence-corrected chi connectivity index (χ2v) is 3.35. The molecule has 0 aromatic carbocycles. The SMILES string of the molecule is C/C=C/c1oc(=O)c(CO)c(OC)c1OC(C)=O. The van der Waals surface area contributed by atoms with Gasteiger partial charge in [0.25, 0.3) is 0 Å². The van der Waals surface area contributed by atoms with Gasteiger partial charge in [-0.2, -0.15) is 0 Å². The Morgan fingerprint density at radius 2 is 2.11 bits per heavy atom. The van der Waals surface area contributed by atoms with E-state index in [9.17, 15) is 9.59 Å². The molecule has 98 valence electrons. The van der Waals surface area contributed by atoms with E-state index >= 15 is 0 Å². The molecule has 0 unspecified atom stereocenters. The summed E-state index contributed by atoms with van der Waals surface area (Å²) in [5.41, 5.74) is -0.833. The van der Waals surface area contributed by atoms with Crippen LogP contribution in [0.1, 0.15) is 25.2 Å². The Morgan fingerprint density at radius 3 is 2.56 bits per heavy atom. The van der Waals surface area contributed by atoms with E-state index in [-0.39, 0.29) is 22.8 Å². The van der Waals surface area contributed by atoms with Crippen molar-refractivity contribution in [2.75, 3.05) is 7.11 Å². The van der Waals surface area contributed by atoms with Crippen LogP contribution in [0.2, 0.25) is 0 Å². The molecule has 0 aliphatic heterocycles. The van der Waals surface area contributed by atoms with E-state index < -0.39 is 18.2 Å². The Kier molecular flexibility index (Phi) is 4.67. The van der Waals surface area contributed by atoms with Gasteiger partial charge in [-0.05, 0) is 13.0 Å². The van der Waals surface area contributed by atoms with Gasteiger partial charge in [0.15, 0.2) is 11.5 Å². The fourth-order valence-corrected chi connectivity index (χ4v) is 1.40. The number of methoxy groups -OCH3 is 1. The molecule has 1 N–H and O–H groups in total. The lowest BCUT2D eigenvalue weighted by atomic mass is 10.2. The molecule has 1 rings (SSSR count). The fourth-order valence-electron chi connectivity index (χ4n) is 1.40. The average Bonchev–Trinajstić information content (AvgIpc) is 2.31. The molecule has 0 saturated carbocycles. The Morgan fingerprint density at radius 1 is 1.44 bits per heavy atom. The normalized spacial score (nSPS) is 10.7. The third kappa shape index (κ3) is 2.78. The number of hydrogen-bond acceptors (Lipinski definition) is 6. The van der Waals surface area contributed by atoms with Gasteiger partial charge in [-0.3, -0.25) is 4.79 Å². The Labute approximate surface area is 103 Å². The van der Waals surface area contributed by atoms with E-state index in [0.29, 0.717) is 0 Å². The molecule has 0 amide bonds. The molecule has 1 aromatic heterocycles. The summed E-state index contributed by atoms with van der Waals surface area (Å²) in [7, 11) is 1.31. The standard InChI is InChI=1S/C12H14O6/c1-4-5-9-11(17-7(2)14)10(16-3)8(6-13)12(15)18-9/h4-5,13H,6H2,1-3H3/b5-4+. The highest BCUT2D eigenvalue weighted by Gasteiger charge is 2.21. The molecule has 6 heteroatoms. The molecule has 0 bridgehead atoms. The molecule has 0 aliphatic carbocycles. The highest BCUT2D eigenvalue weighted by atomic mass is 16.6. The van der Waals surface area contributed by atoms with Crippen LogP contribution in [0.5, 0.6) is 11.5 Å². The van der Waals surface area contributed by atoms with Crippen molar-refractivity contribution in [3.8, 4) is 11.5 Å². The summed E-state index contributed by atoms with van der Waals surface area (Å²) in [4.78, 5) is 22.6. The first-order valence-corrected chi connectivity index (χ1v) is 5.21. The molecule has 0 saturated heterocycles. The van der Waals surface area contributed by atoms with E-state index in [4.69, 9.17) is 19.0 Å². The van der Waals surface area contributed by atoms with Gasteiger partial charge in [0, 0.05) is 6.92 Å². The van der Waals surface area contributed by atoms with E-state index in [1.807, 2.05) is 0 Å². The molecular formula is C12H14O6. The number of allylic oxidation sites excluding steroid dienone is 1. The minimum Gasteiger partial charge on any atom is -0.492 e. The van der Waals surface area contributed by atoms with Gasteiger partial charge in [-0.15, -0.1) is 0 Å². The number of rotatable bonds is 4. The molecule has 0 spiro atoms. The van der Waals surface area contributed by atoms with Gasteiger partial charge < -0.3 is 19.0 Å². The topological polar surface area (TPSA) is 86.0 Å². The summed E-state index contributed by atoms with van der Waals surface area (Å²) in [5, 5.41) is 9.11. The minimum absolute atomic E-state index is 0.00273. The maximum absolute atomic E-state index is 11.6. The summed E-state index contributed by atoms with van der Waals surface area (Å²) in [6.07, 6.45) is 3.08. The molecule has 0 radical (unpaired) electrons. The lowest BCUT2D eigenvalue weighted by molar-refractivity contribution is -0.132. The van der Waals surface area contributed by atoms with Crippen molar-refractivity contribution in [3.05, 3.63) is 27.8 Å². The van der Waals surface area contributed by atoms with Crippen LogP contribution in [-0.4, -0.2) is 18.2 Å². The lowest BCUT2D eigenvalue weighted by Gasteiger charge is -2.12. The van der Waals surface area contributed by atoms with Gasteiger partial charge >= 0.3 is 11.6 Å². The molecule has 18 heavy (non-hydrogen) atoms. The summed E-state index contributed by atoms with van der Waals surface area (Å²) < 4.78 is 14.9. The van der Waals surface area contributed by atoms with E-state index in [0.717, 1.165) is 0 Å². The molecule has 1 aromatic rings. The third-order valence-electron chi connectivity index (χ3n) is 2.08. The molecular weight excluding hydrogens is 240 g/mol. The minimum atomic E-state index is -0.738. The highest BCUT2D eigenvalue weighted by Crippen LogP contribution is 2.33. The smallest absolute Gasteiger partial charge is 0.345 e. The number of aliphatic hydroxyl groups excluding tert-OH is 1. The quantitative estimate of drug-likeness (QED) is 0.810. The van der Waals surface area contributed by atoms with Crippen LogP contribution in [0.4, 0.5) is 0 Å². The summed E-state index contributed by atoms with van der Waals surface area (Å²) in [6, 6.07) is 0. The number of aliphatic hydroxyl groups is 1. The van der Waals surface area contributed by atoms with Crippen molar-refractivity contribution < 1.29 is 23.8 Å². The maximum atomic E-state index is 11.6. The van der Waals surface area contributed by atoms with Gasteiger partial charge in [0.2, 0.25) is 5.75 Å². The molecule has 1 heterocycles. The van der Waals surface area contributed by atoms with Crippen molar-refractivity contribution in [3.63, 3.8) is 0 Å². The number of hydrogen-bond donors (Lipinski definition) is 1. The molecule has 0 atom stereocenters. The third-order valence-corrected chi connectivity index (χ3v) is 2.08. The van der Waals surface area contributed by atoms with Crippen LogP contribution in [0.3, 0.4) is 0 Å². The highest BCUT2D eigenvalue weighted by molar-refractivity contribution is 5.73. The predicted octanol–water partition coefficient (Wildman–Crippen LogP) is 1.10. The van der Waals surface area contributed by atoms with Crippen LogP contribution in [0.25, 0.3) is 6.08 Å². The monoisotopic (exact) mass is 254 g/mol. The van der Waals surface area contributed by atoms with Crippen LogP contribution >= 0.6 is 0 Å². The molecule has 6 nitrogen and oxygen atoms in total. The predicted molar refractivity (Wildman–Crippen MR) is 63.5 cm³/mol. The Bertz CT molecular complexity index is 526. The molecule has 0 aliphatic rings. The Balaban J connectivity index is 3.58. The van der Waals surface area contributed by atoms with Crippen molar-refractivity contribution in [1.82, 2.24) is 0 Å². The number of ether oxygens (including phenoxy) is 2. The zero-order chi connectivity index (χ0) is 13.7.